The first-order valence-electron chi connectivity index (χ1n) is 6.49. The molecule has 9 heteroatoms. The molecule has 0 spiro atoms. The molecule has 8 nitrogen and oxygen atoms in total. The van der Waals surface area contributed by atoms with Gasteiger partial charge in [0.2, 0.25) is 0 Å². The third-order valence-corrected chi connectivity index (χ3v) is 4.17. The second-order valence-corrected chi connectivity index (χ2v) is 6.04. The predicted molar refractivity (Wildman–Crippen MR) is 82.6 cm³/mol. The molecular formula is C15H14O8S. The van der Waals surface area contributed by atoms with Gasteiger partial charge in [0.15, 0.2) is 22.2 Å². The zero-order valence-corrected chi connectivity index (χ0v) is 13.5. The first-order chi connectivity index (χ1) is 11.2. The highest BCUT2D eigenvalue weighted by Crippen LogP contribution is 2.41. The highest BCUT2D eigenvalue weighted by Gasteiger charge is 2.31. The summed E-state index contributed by atoms with van der Waals surface area (Å²) >= 11 is 0. The minimum atomic E-state index is -5.02. The van der Waals surface area contributed by atoms with Crippen molar-refractivity contribution in [1.82, 2.24) is 0 Å². The van der Waals surface area contributed by atoms with Crippen molar-refractivity contribution in [3.63, 3.8) is 0 Å². The van der Waals surface area contributed by atoms with Crippen LogP contribution >= 0.6 is 0 Å². The Bertz CT molecular complexity index is 885. The van der Waals surface area contributed by atoms with Crippen LogP contribution in [0.5, 0.6) is 23.0 Å². The Hall–Kier alpha value is -2.78. The minimum absolute atomic E-state index is 0.0144. The maximum atomic E-state index is 12.6. The summed E-state index contributed by atoms with van der Waals surface area (Å²) in [5.41, 5.74) is -0.749. The topological polar surface area (TPSA) is 130 Å². The van der Waals surface area contributed by atoms with Crippen LogP contribution in [0.1, 0.15) is 15.9 Å². The van der Waals surface area contributed by atoms with Gasteiger partial charge >= 0.3 is 0 Å². The lowest BCUT2D eigenvalue weighted by Crippen LogP contribution is -2.11. The quantitative estimate of drug-likeness (QED) is 0.419. The Labute approximate surface area is 137 Å². The van der Waals surface area contributed by atoms with E-state index in [1.165, 1.54) is 31.4 Å². The highest BCUT2D eigenvalue weighted by molar-refractivity contribution is 7.86. The van der Waals surface area contributed by atoms with Crippen LogP contribution in [0.4, 0.5) is 0 Å². The summed E-state index contributed by atoms with van der Waals surface area (Å²) in [6.07, 6.45) is 0. The van der Waals surface area contributed by atoms with Crippen LogP contribution in [0.15, 0.2) is 35.2 Å². The van der Waals surface area contributed by atoms with Gasteiger partial charge in [0, 0.05) is 11.6 Å². The molecule has 128 valence electrons. The molecule has 2 aromatic carbocycles. The molecule has 3 N–H and O–H groups in total. The number of phenols is 2. The summed E-state index contributed by atoms with van der Waals surface area (Å²) < 4.78 is 42.2. The fourth-order valence-corrected chi connectivity index (χ4v) is 2.92. The van der Waals surface area contributed by atoms with E-state index in [2.05, 4.69) is 0 Å². The summed E-state index contributed by atoms with van der Waals surface area (Å²) in [4.78, 5) is 11.4. The average Bonchev–Trinajstić information content (AvgIpc) is 2.54. The van der Waals surface area contributed by atoms with E-state index in [1.807, 2.05) is 0 Å². The molecule has 0 heterocycles. The molecular weight excluding hydrogens is 340 g/mol. The number of hydrogen-bond donors (Lipinski definition) is 3. The average molecular weight is 354 g/mol. The Morgan fingerprint density at radius 1 is 1.04 bits per heavy atom. The normalized spacial score (nSPS) is 11.1. The number of ketones is 1. The van der Waals surface area contributed by atoms with Crippen LogP contribution in [-0.2, 0) is 10.1 Å². The second-order valence-electron chi connectivity index (χ2n) is 4.68. The lowest BCUT2D eigenvalue weighted by atomic mass is 10.0. The maximum absolute atomic E-state index is 12.6. The van der Waals surface area contributed by atoms with E-state index < -0.39 is 43.6 Å². The molecule has 0 bridgehead atoms. The van der Waals surface area contributed by atoms with Crippen LogP contribution in [0.25, 0.3) is 0 Å². The lowest BCUT2D eigenvalue weighted by molar-refractivity contribution is 0.103. The van der Waals surface area contributed by atoms with E-state index in [9.17, 15) is 28.0 Å². The van der Waals surface area contributed by atoms with Gasteiger partial charge < -0.3 is 19.7 Å². The zero-order chi connectivity index (χ0) is 18.1. The summed E-state index contributed by atoms with van der Waals surface area (Å²) in [6, 6.07) is 6.48. The van der Waals surface area contributed by atoms with Gasteiger partial charge in [-0.25, -0.2) is 0 Å². The van der Waals surface area contributed by atoms with Gasteiger partial charge in [0.25, 0.3) is 10.1 Å². The molecule has 0 aliphatic carbocycles. The highest BCUT2D eigenvalue weighted by atomic mass is 32.2. The van der Waals surface area contributed by atoms with Crippen LogP contribution in [-0.4, -0.2) is 43.2 Å². The number of phenolic OH excluding ortho intramolecular Hbond substituents is 2. The number of benzene rings is 2. The predicted octanol–water partition coefficient (Wildman–Crippen LogP) is 1.59. The first kappa shape index (κ1) is 17.6. The fourth-order valence-electron chi connectivity index (χ4n) is 2.12. The largest absolute Gasteiger partial charge is 0.507 e. The van der Waals surface area contributed by atoms with Crippen molar-refractivity contribution in [3.05, 3.63) is 41.5 Å². The minimum Gasteiger partial charge on any atom is -0.507 e. The van der Waals surface area contributed by atoms with E-state index in [0.29, 0.717) is 5.75 Å². The van der Waals surface area contributed by atoms with Crippen molar-refractivity contribution in [2.75, 3.05) is 14.2 Å². The van der Waals surface area contributed by atoms with Crippen molar-refractivity contribution in [2.45, 2.75) is 4.90 Å². The van der Waals surface area contributed by atoms with E-state index in [-0.39, 0.29) is 5.56 Å². The van der Waals surface area contributed by atoms with Gasteiger partial charge in [-0.2, -0.15) is 8.42 Å². The summed E-state index contributed by atoms with van der Waals surface area (Å²) in [7, 11) is -2.47. The Balaban J connectivity index is 2.72. The lowest BCUT2D eigenvalue weighted by Gasteiger charge is -2.13. The molecule has 0 saturated heterocycles. The van der Waals surface area contributed by atoms with E-state index in [1.54, 1.807) is 0 Å². The standard InChI is InChI=1S/C15H14O8S/c1-22-9-5-3-8(4-6-9)13(17)12-10(16)7-11(23-2)14(18)15(12)24(19,20)21/h3-7,16,18H,1-2H3,(H,19,20,21). The Morgan fingerprint density at radius 3 is 2.08 bits per heavy atom. The number of ether oxygens (including phenoxy) is 2. The van der Waals surface area contributed by atoms with Crippen LogP contribution < -0.4 is 9.47 Å². The molecule has 0 amide bonds. The molecule has 24 heavy (non-hydrogen) atoms. The molecule has 0 radical (unpaired) electrons. The third-order valence-electron chi connectivity index (χ3n) is 3.26. The van der Waals surface area contributed by atoms with Gasteiger partial charge in [-0.3, -0.25) is 9.35 Å². The summed E-state index contributed by atoms with van der Waals surface area (Å²) in [5.74, 6) is -2.61. The van der Waals surface area contributed by atoms with Crippen molar-refractivity contribution >= 4 is 15.9 Å². The molecule has 0 aliphatic rings. The van der Waals surface area contributed by atoms with Crippen LogP contribution in [0.2, 0.25) is 0 Å². The number of methoxy groups -OCH3 is 2. The molecule has 0 saturated carbocycles. The monoisotopic (exact) mass is 354 g/mol. The molecule has 0 atom stereocenters. The fraction of sp³-hybridized carbons (Fsp3) is 0.133. The van der Waals surface area contributed by atoms with Crippen molar-refractivity contribution in [2.24, 2.45) is 0 Å². The SMILES string of the molecule is COc1ccc(C(=O)c2c(O)cc(OC)c(O)c2S(=O)(=O)O)cc1. The van der Waals surface area contributed by atoms with Gasteiger partial charge in [-0.1, -0.05) is 0 Å². The summed E-state index contributed by atoms with van der Waals surface area (Å²) in [5, 5.41) is 20.0. The van der Waals surface area contributed by atoms with Crippen molar-refractivity contribution < 1.29 is 37.5 Å². The molecule has 0 aromatic heterocycles. The number of carbonyl (C=O) groups excluding carboxylic acids is 1. The van der Waals surface area contributed by atoms with E-state index in [4.69, 9.17) is 9.47 Å². The van der Waals surface area contributed by atoms with Crippen LogP contribution in [0.3, 0.4) is 0 Å². The van der Waals surface area contributed by atoms with Crippen LogP contribution in [0, 0.1) is 0 Å². The Morgan fingerprint density at radius 2 is 1.62 bits per heavy atom. The van der Waals surface area contributed by atoms with Gasteiger partial charge in [0.05, 0.1) is 19.8 Å². The number of rotatable bonds is 5. The zero-order valence-electron chi connectivity index (χ0n) is 12.7. The van der Waals surface area contributed by atoms with Gasteiger partial charge in [0.1, 0.15) is 11.5 Å². The third kappa shape index (κ3) is 3.12. The smallest absolute Gasteiger partial charge is 0.299 e. The molecule has 0 aliphatic heterocycles. The van der Waals surface area contributed by atoms with Gasteiger partial charge in [-0.05, 0) is 24.3 Å². The van der Waals surface area contributed by atoms with Gasteiger partial charge in [-0.15, -0.1) is 0 Å². The van der Waals surface area contributed by atoms with E-state index >= 15 is 0 Å². The molecule has 2 aromatic rings. The molecule has 2 rings (SSSR count). The second kappa shape index (κ2) is 6.38. The van der Waals surface area contributed by atoms with Crippen molar-refractivity contribution in [3.8, 4) is 23.0 Å². The molecule has 0 fully saturated rings. The van der Waals surface area contributed by atoms with Crippen molar-refractivity contribution in [1.29, 1.82) is 0 Å². The summed E-state index contributed by atoms with van der Waals surface area (Å²) in [6.45, 7) is 0. The maximum Gasteiger partial charge on any atom is 0.299 e. The number of carbonyl (C=O) groups is 1. The number of aromatic hydroxyl groups is 2. The van der Waals surface area contributed by atoms with E-state index in [0.717, 1.165) is 13.2 Å². The Kier molecular flexibility index (Phi) is 4.67. The number of hydrogen-bond acceptors (Lipinski definition) is 7. The molecule has 0 unspecified atom stereocenters. The first-order valence-corrected chi connectivity index (χ1v) is 7.93.